The molecule has 0 amide bonds. The van der Waals surface area contributed by atoms with Gasteiger partial charge in [-0.3, -0.25) is 4.68 Å². The van der Waals surface area contributed by atoms with Gasteiger partial charge in [-0.15, -0.1) is 5.10 Å². The highest BCUT2D eigenvalue weighted by molar-refractivity contribution is 5.24. The average molecular weight is 222 g/mol. The summed E-state index contributed by atoms with van der Waals surface area (Å²) in [6, 6.07) is 0.462. The molecule has 2 aromatic rings. The molecule has 0 aliphatic heterocycles. The molecule has 16 heavy (non-hydrogen) atoms. The van der Waals surface area contributed by atoms with Gasteiger partial charge in [0.25, 0.3) is 0 Å². The molecule has 0 spiro atoms. The number of aromatic nitrogens is 4. The lowest BCUT2D eigenvalue weighted by Crippen LogP contribution is -2.16. The first-order valence-corrected chi connectivity index (χ1v) is 4.90. The van der Waals surface area contributed by atoms with Crippen LogP contribution in [0.5, 0.6) is 0 Å². The Hall–Kier alpha value is -1.89. The summed E-state index contributed by atoms with van der Waals surface area (Å²) in [7, 11) is 3.75. The van der Waals surface area contributed by atoms with E-state index in [0.717, 1.165) is 5.56 Å². The molecule has 86 valence electrons. The van der Waals surface area contributed by atoms with Gasteiger partial charge in [-0.2, -0.15) is 5.10 Å². The van der Waals surface area contributed by atoms with Crippen LogP contribution in [0.3, 0.4) is 0 Å². The standard InChI is InChI=1S/C9H14N6O/c1-14(5-7-4-11-15(2)6-7)9-13-12-8(3-10)16-9/h4,6H,3,5,10H2,1-2H3. The number of nitrogens with two attached hydrogens (primary N) is 1. The summed E-state index contributed by atoms with van der Waals surface area (Å²) in [5.41, 5.74) is 6.47. The van der Waals surface area contributed by atoms with Crippen molar-refractivity contribution < 1.29 is 4.42 Å². The van der Waals surface area contributed by atoms with Crippen molar-refractivity contribution in [3.63, 3.8) is 0 Å². The van der Waals surface area contributed by atoms with E-state index in [9.17, 15) is 0 Å². The van der Waals surface area contributed by atoms with E-state index in [2.05, 4.69) is 15.3 Å². The Labute approximate surface area is 92.9 Å². The second kappa shape index (κ2) is 4.31. The molecule has 0 aliphatic carbocycles. The van der Waals surface area contributed by atoms with Crippen molar-refractivity contribution in [2.45, 2.75) is 13.1 Å². The predicted molar refractivity (Wildman–Crippen MR) is 57.5 cm³/mol. The Morgan fingerprint density at radius 2 is 2.31 bits per heavy atom. The Kier molecular flexibility index (Phi) is 2.86. The lowest BCUT2D eigenvalue weighted by atomic mass is 10.3. The normalized spacial score (nSPS) is 10.7. The summed E-state index contributed by atoms with van der Waals surface area (Å²) >= 11 is 0. The largest absolute Gasteiger partial charge is 0.407 e. The summed E-state index contributed by atoms with van der Waals surface area (Å²) in [5, 5.41) is 11.8. The molecule has 0 saturated carbocycles. The maximum Gasteiger partial charge on any atom is 0.318 e. The summed E-state index contributed by atoms with van der Waals surface area (Å²) in [5.74, 6) is 0.438. The van der Waals surface area contributed by atoms with E-state index in [-0.39, 0.29) is 6.54 Å². The van der Waals surface area contributed by atoms with Crippen molar-refractivity contribution in [2.24, 2.45) is 12.8 Å². The second-order valence-electron chi connectivity index (χ2n) is 3.56. The lowest BCUT2D eigenvalue weighted by Gasteiger charge is -2.11. The molecule has 0 fully saturated rings. The van der Waals surface area contributed by atoms with Gasteiger partial charge in [0, 0.05) is 25.9 Å². The highest BCUT2D eigenvalue weighted by atomic mass is 16.4. The number of hydrogen-bond donors (Lipinski definition) is 1. The van der Waals surface area contributed by atoms with Gasteiger partial charge in [0.05, 0.1) is 19.3 Å². The van der Waals surface area contributed by atoms with Crippen molar-refractivity contribution in [2.75, 3.05) is 11.9 Å². The van der Waals surface area contributed by atoms with Gasteiger partial charge in [0.2, 0.25) is 5.89 Å². The summed E-state index contributed by atoms with van der Waals surface area (Å²) in [6.45, 7) is 0.924. The third kappa shape index (κ3) is 2.19. The zero-order valence-electron chi connectivity index (χ0n) is 9.29. The van der Waals surface area contributed by atoms with Crippen molar-refractivity contribution in [3.05, 3.63) is 23.8 Å². The van der Waals surface area contributed by atoms with Gasteiger partial charge >= 0.3 is 6.01 Å². The van der Waals surface area contributed by atoms with Crippen molar-refractivity contribution >= 4 is 6.01 Å². The van der Waals surface area contributed by atoms with Crippen LogP contribution in [-0.2, 0) is 20.1 Å². The van der Waals surface area contributed by atoms with Gasteiger partial charge in [-0.25, -0.2) is 0 Å². The molecule has 7 nitrogen and oxygen atoms in total. The van der Waals surface area contributed by atoms with E-state index in [4.69, 9.17) is 10.2 Å². The predicted octanol–water partition coefficient (Wildman–Crippen LogP) is -0.102. The first-order valence-electron chi connectivity index (χ1n) is 4.90. The minimum Gasteiger partial charge on any atom is -0.407 e. The molecule has 0 unspecified atom stereocenters. The van der Waals surface area contributed by atoms with Crippen molar-refractivity contribution in [3.8, 4) is 0 Å². The molecule has 2 rings (SSSR count). The van der Waals surface area contributed by atoms with E-state index in [1.807, 2.05) is 25.2 Å². The molecule has 0 aromatic carbocycles. The molecule has 7 heteroatoms. The number of hydrogen-bond acceptors (Lipinski definition) is 6. The van der Waals surface area contributed by atoms with E-state index >= 15 is 0 Å². The molecular weight excluding hydrogens is 208 g/mol. The number of rotatable bonds is 4. The van der Waals surface area contributed by atoms with E-state index in [0.29, 0.717) is 18.5 Å². The van der Waals surface area contributed by atoms with Crippen LogP contribution in [0.2, 0.25) is 0 Å². The topological polar surface area (TPSA) is 86.0 Å². The third-order valence-corrected chi connectivity index (χ3v) is 2.14. The Bertz CT molecular complexity index is 462. The van der Waals surface area contributed by atoms with Crippen LogP contribution in [0.15, 0.2) is 16.8 Å². The van der Waals surface area contributed by atoms with E-state index in [1.165, 1.54) is 0 Å². The van der Waals surface area contributed by atoms with Gasteiger partial charge in [0.15, 0.2) is 0 Å². The minimum atomic E-state index is 0.258. The summed E-state index contributed by atoms with van der Waals surface area (Å²) in [4.78, 5) is 1.85. The van der Waals surface area contributed by atoms with Crippen molar-refractivity contribution in [1.29, 1.82) is 0 Å². The van der Waals surface area contributed by atoms with Gasteiger partial charge in [-0.1, -0.05) is 5.10 Å². The van der Waals surface area contributed by atoms with E-state index < -0.39 is 0 Å². The van der Waals surface area contributed by atoms with E-state index in [1.54, 1.807) is 10.9 Å². The fourth-order valence-electron chi connectivity index (χ4n) is 1.38. The zero-order chi connectivity index (χ0) is 11.5. The zero-order valence-corrected chi connectivity index (χ0v) is 9.29. The molecule has 2 heterocycles. The average Bonchev–Trinajstić information content (AvgIpc) is 2.87. The molecule has 0 radical (unpaired) electrons. The minimum absolute atomic E-state index is 0.258. The monoisotopic (exact) mass is 222 g/mol. The quantitative estimate of drug-likeness (QED) is 0.777. The molecule has 2 N–H and O–H groups in total. The van der Waals surface area contributed by atoms with Gasteiger partial charge in [0.1, 0.15) is 0 Å². The molecule has 0 aliphatic rings. The Morgan fingerprint density at radius 3 is 2.88 bits per heavy atom. The van der Waals surface area contributed by atoms with Crippen LogP contribution in [0.25, 0.3) is 0 Å². The van der Waals surface area contributed by atoms with Crippen LogP contribution in [0.1, 0.15) is 11.5 Å². The molecule has 0 bridgehead atoms. The van der Waals surface area contributed by atoms with Crippen LogP contribution in [0, 0.1) is 0 Å². The SMILES string of the molecule is CN(Cc1cnn(C)c1)c1nnc(CN)o1. The maximum absolute atomic E-state index is 5.39. The van der Waals surface area contributed by atoms with Crippen LogP contribution < -0.4 is 10.6 Å². The smallest absolute Gasteiger partial charge is 0.318 e. The molecule has 0 atom stereocenters. The van der Waals surface area contributed by atoms with Crippen LogP contribution in [-0.4, -0.2) is 27.0 Å². The number of anilines is 1. The summed E-state index contributed by atoms with van der Waals surface area (Å²) in [6.07, 6.45) is 3.74. The molecule has 0 saturated heterocycles. The molecule has 2 aromatic heterocycles. The highest BCUT2D eigenvalue weighted by Crippen LogP contribution is 2.12. The second-order valence-corrected chi connectivity index (χ2v) is 3.56. The number of nitrogens with zero attached hydrogens (tertiary/aromatic N) is 5. The Balaban J connectivity index is 2.05. The number of aryl methyl sites for hydroxylation is 1. The summed E-state index contributed by atoms with van der Waals surface area (Å²) < 4.78 is 7.08. The first-order chi connectivity index (χ1) is 7.69. The van der Waals surface area contributed by atoms with Crippen LogP contribution in [0.4, 0.5) is 6.01 Å². The first kappa shape index (κ1) is 10.6. The maximum atomic E-state index is 5.39. The lowest BCUT2D eigenvalue weighted by molar-refractivity contribution is 0.491. The fraction of sp³-hybridized carbons (Fsp3) is 0.444. The van der Waals surface area contributed by atoms with Gasteiger partial charge in [-0.05, 0) is 0 Å². The van der Waals surface area contributed by atoms with Gasteiger partial charge < -0.3 is 15.1 Å². The Morgan fingerprint density at radius 1 is 1.50 bits per heavy atom. The fourth-order valence-corrected chi connectivity index (χ4v) is 1.38. The highest BCUT2D eigenvalue weighted by Gasteiger charge is 2.10. The van der Waals surface area contributed by atoms with Crippen molar-refractivity contribution in [1.82, 2.24) is 20.0 Å². The van der Waals surface area contributed by atoms with Crippen LogP contribution >= 0.6 is 0 Å². The molecular formula is C9H14N6O. The third-order valence-electron chi connectivity index (χ3n) is 2.14.